The molecule has 0 atom stereocenters. The second-order valence-electron chi connectivity index (χ2n) is 4.21. The summed E-state index contributed by atoms with van der Waals surface area (Å²) in [5.41, 5.74) is 1.02. The number of guanidine groups is 1. The van der Waals surface area contributed by atoms with Gasteiger partial charge in [-0.25, -0.2) is 4.98 Å². The molecule has 0 unspecified atom stereocenters. The molecule has 0 fully saturated rings. The third kappa shape index (κ3) is 7.25. The zero-order chi connectivity index (χ0) is 14.1. The Balaban J connectivity index is 0.00000361. The molecule has 6 nitrogen and oxygen atoms in total. The molecule has 0 saturated heterocycles. The van der Waals surface area contributed by atoms with E-state index < -0.39 is 0 Å². The number of aromatic nitrogens is 1. The predicted molar refractivity (Wildman–Crippen MR) is 96.6 cm³/mol. The van der Waals surface area contributed by atoms with E-state index in [9.17, 15) is 0 Å². The first-order valence-electron chi connectivity index (χ1n) is 6.22. The van der Waals surface area contributed by atoms with Crippen LogP contribution in [0.3, 0.4) is 0 Å². The van der Waals surface area contributed by atoms with Gasteiger partial charge in [-0.05, 0) is 6.42 Å². The molecular weight excluding hydrogens is 389 g/mol. The first-order valence-corrected chi connectivity index (χ1v) is 7.10. The van der Waals surface area contributed by atoms with Gasteiger partial charge in [-0.2, -0.15) is 0 Å². The Bertz CT molecular complexity index is 397. The summed E-state index contributed by atoms with van der Waals surface area (Å²) in [6, 6.07) is 0. The van der Waals surface area contributed by atoms with Crippen molar-refractivity contribution in [1.82, 2.24) is 15.6 Å². The number of halogens is 1. The highest BCUT2D eigenvalue weighted by Crippen LogP contribution is 2.17. The molecule has 0 saturated carbocycles. The number of methoxy groups -OCH3 is 1. The molecule has 0 spiro atoms. The Hall–Kier alpha value is -0.610. The van der Waals surface area contributed by atoms with E-state index in [0.717, 1.165) is 36.4 Å². The third-order valence-electron chi connectivity index (χ3n) is 2.40. The first kappa shape index (κ1) is 19.4. The average molecular weight is 413 g/mol. The minimum atomic E-state index is 0. The zero-order valence-electron chi connectivity index (χ0n) is 12.5. The molecule has 1 aromatic heterocycles. The maximum absolute atomic E-state index is 5.00. The number of aliphatic imine (C=N–C) groups is 1. The molecule has 2 N–H and O–H groups in total. The molecule has 116 valence electrons. The van der Waals surface area contributed by atoms with Crippen molar-refractivity contribution in [2.24, 2.45) is 4.99 Å². The van der Waals surface area contributed by atoms with Gasteiger partial charge in [0.1, 0.15) is 0 Å². The van der Waals surface area contributed by atoms with Crippen LogP contribution in [0.2, 0.25) is 0 Å². The molecule has 8 heteroatoms. The summed E-state index contributed by atoms with van der Waals surface area (Å²) in [5, 5.41) is 9.54. The molecule has 0 bridgehead atoms. The lowest BCUT2D eigenvalue weighted by molar-refractivity contribution is 0.195. The Kier molecular flexibility index (Phi) is 10.8. The average Bonchev–Trinajstić information content (AvgIpc) is 2.87. The van der Waals surface area contributed by atoms with Crippen LogP contribution in [0.1, 0.15) is 12.1 Å². The fourth-order valence-electron chi connectivity index (χ4n) is 1.40. The quantitative estimate of drug-likeness (QED) is 0.307. The molecule has 0 radical (unpaired) electrons. The summed E-state index contributed by atoms with van der Waals surface area (Å²) >= 11 is 1.64. The zero-order valence-corrected chi connectivity index (χ0v) is 15.6. The first-order chi connectivity index (χ1) is 9.17. The van der Waals surface area contributed by atoms with Crippen LogP contribution in [0.5, 0.6) is 0 Å². The van der Waals surface area contributed by atoms with E-state index in [-0.39, 0.29) is 24.0 Å². The summed E-state index contributed by atoms with van der Waals surface area (Å²) in [5.74, 6) is 0.788. The van der Waals surface area contributed by atoms with Gasteiger partial charge >= 0.3 is 0 Å². The highest BCUT2D eigenvalue weighted by atomic mass is 127. The number of hydrogen-bond acceptors (Lipinski definition) is 5. The molecule has 0 amide bonds. The van der Waals surface area contributed by atoms with Crippen molar-refractivity contribution in [3.63, 3.8) is 0 Å². The van der Waals surface area contributed by atoms with E-state index in [1.54, 1.807) is 25.5 Å². The van der Waals surface area contributed by atoms with Crippen molar-refractivity contribution in [2.75, 3.05) is 46.3 Å². The lowest BCUT2D eigenvalue weighted by atomic mass is 10.4. The van der Waals surface area contributed by atoms with Gasteiger partial charge < -0.3 is 20.3 Å². The topological polar surface area (TPSA) is 61.8 Å². The molecule has 0 aromatic carbocycles. The van der Waals surface area contributed by atoms with E-state index >= 15 is 0 Å². The Morgan fingerprint density at radius 3 is 2.75 bits per heavy atom. The fourth-order valence-corrected chi connectivity index (χ4v) is 2.16. The summed E-state index contributed by atoms with van der Waals surface area (Å²) < 4.78 is 5.00. The van der Waals surface area contributed by atoms with Crippen LogP contribution in [0.25, 0.3) is 0 Å². The standard InChI is InChI=1S/C12H23N5OS.HI/c1-13-11(14-6-5-7-18-4)15-8-10-9-19-12(16-10)17(2)3;/h9H,5-8H2,1-4H3,(H2,13,14,15);1H. The molecule has 0 aliphatic rings. The van der Waals surface area contributed by atoms with Gasteiger partial charge in [0.15, 0.2) is 11.1 Å². The summed E-state index contributed by atoms with van der Waals surface area (Å²) in [6.07, 6.45) is 0.957. The maximum Gasteiger partial charge on any atom is 0.191 e. The highest BCUT2D eigenvalue weighted by Gasteiger charge is 2.04. The minimum Gasteiger partial charge on any atom is -0.385 e. The van der Waals surface area contributed by atoms with Gasteiger partial charge in [0.25, 0.3) is 0 Å². The highest BCUT2D eigenvalue weighted by molar-refractivity contribution is 14.0. The smallest absolute Gasteiger partial charge is 0.191 e. The van der Waals surface area contributed by atoms with Gasteiger partial charge in [-0.3, -0.25) is 4.99 Å². The van der Waals surface area contributed by atoms with Gasteiger partial charge in [-0.15, -0.1) is 35.3 Å². The number of rotatable bonds is 7. The molecule has 1 rings (SSSR count). The van der Waals surface area contributed by atoms with E-state index in [4.69, 9.17) is 4.74 Å². The second-order valence-corrected chi connectivity index (χ2v) is 5.05. The Morgan fingerprint density at radius 1 is 1.45 bits per heavy atom. The number of nitrogens with zero attached hydrogens (tertiary/aromatic N) is 3. The van der Waals surface area contributed by atoms with Gasteiger partial charge in [0, 0.05) is 46.8 Å². The predicted octanol–water partition coefficient (Wildman–Crippen LogP) is 1.53. The van der Waals surface area contributed by atoms with Crippen LogP contribution in [0.15, 0.2) is 10.4 Å². The van der Waals surface area contributed by atoms with Gasteiger partial charge in [0.05, 0.1) is 12.2 Å². The number of ether oxygens (including phenoxy) is 1. The number of thiazole rings is 1. The largest absolute Gasteiger partial charge is 0.385 e. The van der Waals surface area contributed by atoms with Crippen LogP contribution in [-0.4, -0.2) is 52.3 Å². The normalized spacial score (nSPS) is 10.9. The second kappa shape index (κ2) is 11.1. The van der Waals surface area contributed by atoms with Crippen LogP contribution >= 0.6 is 35.3 Å². The molecule has 20 heavy (non-hydrogen) atoms. The molecule has 0 aliphatic heterocycles. The lowest BCUT2D eigenvalue weighted by Crippen LogP contribution is -2.37. The van der Waals surface area contributed by atoms with Crippen molar-refractivity contribution in [3.05, 3.63) is 11.1 Å². The van der Waals surface area contributed by atoms with Crippen molar-refractivity contribution in [1.29, 1.82) is 0 Å². The van der Waals surface area contributed by atoms with E-state index in [1.165, 1.54) is 0 Å². The number of nitrogens with one attached hydrogen (secondary N) is 2. The van der Waals surface area contributed by atoms with Gasteiger partial charge in [0.2, 0.25) is 0 Å². The van der Waals surface area contributed by atoms with Crippen LogP contribution in [-0.2, 0) is 11.3 Å². The fraction of sp³-hybridized carbons (Fsp3) is 0.667. The molecular formula is C12H24IN5OS. The summed E-state index contributed by atoms with van der Waals surface area (Å²) in [6.45, 7) is 2.27. The number of hydrogen-bond donors (Lipinski definition) is 2. The number of anilines is 1. The summed E-state index contributed by atoms with van der Waals surface area (Å²) in [7, 11) is 7.45. The van der Waals surface area contributed by atoms with E-state index in [2.05, 4.69) is 26.0 Å². The molecule has 1 heterocycles. The minimum absolute atomic E-state index is 0. The lowest BCUT2D eigenvalue weighted by Gasteiger charge is -2.10. The molecule has 1 aromatic rings. The van der Waals surface area contributed by atoms with Crippen molar-refractivity contribution in [2.45, 2.75) is 13.0 Å². The summed E-state index contributed by atoms with van der Waals surface area (Å²) in [4.78, 5) is 10.7. The molecule has 0 aliphatic carbocycles. The van der Waals surface area contributed by atoms with Crippen molar-refractivity contribution >= 4 is 46.4 Å². The van der Waals surface area contributed by atoms with Crippen LogP contribution in [0.4, 0.5) is 5.13 Å². The Labute approximate surface area is 142 Å². The van der Waals surface area contributed by atoms with Crippen LogP contribution in [0, 0.1) is 0 Å². The van der Waals surface area contributed by atoms with Gasteiger partial charge in [-0.1, -0.05) is 0 Å². The van der Waals surface area contributed by atoms with Crippen molar-refractivity contribution < 1.29 is 4.74 Å². The van der Waals surface area contributed by atoms with E-state index in [1.807, 2.05) is 19.0 Å². The van der Waals surface area contributed by atoms with E-state index in [0.29, 0.717) is 6.54 Å². The van der Waals surface area contributed by atoms with Crippen molar-refractivity contribution in [3.8, 4) is 0 Å². The van der Waals surface area contributed by atoms with Crippen LogP contribution < -0.4 is 15.5 Å². The Morgan fingerprint density at radius 2 is 2.20 bits per heavy atom. The third-order valence-corrected chi connectivity index (χ3v) is 3.46. The SMILES string of the molecule is CN=C(NCCCOC)NCc1csc(N(C)C)n1.I. The monoisotopic (exact) mass is 413 g/mol. The maximum atomic E-state index is 5.00.